The molecule has 0 saturated carbocycles. The Morgan fingerprint density at radius 2 is 1.87 bits per heavy atom. The third-order valence-electron chi connectivity index (χ3n) is 4.16. The number of alkyl halides is 3. The summed E-state index contributed by atoms with van der Waals surface area (Å²) in [6.45, 7) is 2.66. The monoisotopic (exact) mass is 447 g/mol. The number of nitrogens with zero attached hydrogens (tertiary/aromatic N) is 1. The van der Waals surface area contributed by atoms with Gasteiger partial charge in [-0.1, -0.05) is 18.2 Å². The smallest absolute Gasteiger partial charge is 0.491 e. The van der Waals surface area contributed by atoms with Crippen LogP contribution in [0, 0.1) is 0 Å². The molecule has 0 radical (unpaired) electrons. The van der Waals surface area contributed by atoms with Crippen LogP contribution in [0.1, 0.15) is 23.7 Å². The molecule has 1 aromatic carbocycles. The number of hydrogen-bond acceptors (Lipinski definition) is 7. The SMILES string of the molecule is CCOCCOc1cc2c3c(c1)=CCC=CC=3C(=O)N(OS(=O)(=O)C(F)(F)F)C2=O. The molecule has 2 amide bonds. The van der Waals surface area contributed by atoms with Crippen LogP contribution < -0.4 is 15.2 Å². The van der Waals surface area contributed by atoms with E-state index in [0.717, 1.165) is 0 Å². The van der Waals surface area contributed by atoms with Crippen molar-refractivity contribution >= 4 is 33.6 Å². The van der Waals surface area contributed by atoms with Gasteiger partial charge in [-0.2, -0.15) is 21.6 Å². The molecule has 0 spiro atoms. The number of rotatable bonds is 7. The maximum absolute atomic E-state index is 12.7. The molecule has 3 rings (SSSR count). The zero-order chi connectivity index (χ0) is 22.1. The third kappa shape index (κ3) is 4.11. The molecular weight excluding hydrogens is 431 g/mol. The van der Waals surface area contributed by atoms with E-state index in [-0.39, 0.29) is 35.3 Å². The number of allylic oxidation sites excluding steroid dienone is 1. The van der Waals surface area contributed by atoms with Gasteiger partial charge in [-0.3, -0.25) is 9.59 Å². The van der Waals surface area contributed by atoms with E-state index in [9.17, 15) is 31.2 Å². The molecular formula is C18H16F3NO7S. The van der Waals surface area contributed by atoms with Gasteiger partial charge in [0.25, 0.3) is 11.8 Å². The highest BCUT2D eigenvalue weighted by Gasteiger charge is 2.51. The highest BCUT2D eigenvalue weighted by Crippen LogP contribution is 2.28. The van der Waals surface area contributed by atoms with E-state index in [2.05, 4.69) is 4.28 Å². The maximum atomic E-state index is 12.7. The van der Waals surface area contributed by atoms with Crippen LogP contribution in [0.5, 0.6) is 5.75 Å². The number of carbonyl (C=O) groups is 2. The van der Waals surface area contributed by atoms with Crippen molar-refractivity contribution < 1.29 is 44.9 Å². The second kappa shape index (κ2) is 8.20. The summed E-state index contributed by atoms with van der Waals surface area (Å²) in [6.07, 6.45) is 4.90. The van der Waals surface area contributed by atoms with Gasteiger partial charge in [-0.15, -0.1) is 9.35 Å². The first-order chi connectivity index (χ1) is 14.1. The quantitative estimate of drug-likeness (QED) is 0.346. The number of carbonyl (C=O) groups excluding carboxylic acids is 2. The number of imide groups is 1. The fourth-order valence-electron chi connectivity index (χ4n) is 2.87. The predicted octanol–water partition coefficient (Wildman–Crippen LogP) is 0.757. The number of hydroxylamine groups is 2. The lowest BCUT2D eigenvalue weighted by molar-refractivity contribution is -0.144. The van der Waals surface area contributed by atoms with Gasteiger partial charge in [0.05, 0.1) is 17.7 Å². The topological polar surface area (TPSA) is 99.2 Å². The summed E-state index contributed by atoms with van der Waals surface area (Å²) in [4.78, 5) is 25.3. The minimum atomic E-state index is -6.24. The summed E-state index contributed by atoms with van der Waals surface area (Å²) in [7, 11) is -6.24. The van der Waals surface area contributed by atoms with E-state index in [1.807, 2.05) is 0 Å². The molecule has 0 fully saturated rings. The molecule has 0 atom stereocenters. The Kier molecular flexibility index (Phi) is 6.01. The van der Waals surface area contributed by atoms with Gasteiger partial charge >= 0.3 is 15.6 Å². The van der Waals surface area contributed by atoms with Crippen molar-refractivity contribution in [2.75, 3.05) is 19.8 Å². The maximum Gasteiger partial charge on any atom is 0.525 e. The molecule has 1 aromatic rings. The summed E-state index contributed by atoms with van der Waals surface area (Å²) in [6, 6.07) is 2.78. The van der Waals surface area contributed by atoms with Crippen LogP contribution in [-0.4, -0.2) is 50.6 Å². The Labute approximate surface area is 168 Å². The molecule has 162 valence electrons. The van der Waals surface area contributed by atoms with Crippen LogP contribution in [-0.2, 0) is 23.9 Å². The van der Waals surface area contributed by atoms with Gasteiger partial charge in [-0.05, 0) is 30.7 Å². The van der Waals surface area contributed by atoms with Crippen molar-refractivity contribution in [1.29, 1.82) is 0 Å². The summed E-state index contributed by atoms with van der Waals surface area (Å²) in [5.41, 5.74) is -6.22. The number of hydrogen-bond donors (Lipinski definition) is 0. The standard InChI is InChI=1S/C18H16F3NO7S/c1-2-27-7-8-28-12-9-11-5-3-4-6-13-15(11)14(10-12)17(24)22(16(13)23)29-30(25,26)18(19,20)21/h4-6,9-10H,2-3,7-8H2,1H3. The van der Waals surface area contributed by atoms with Gasteiger partial charge in [0.15, 0.2) is 0 Å². The lowest BCUT2D eigenvalue weighted by atomic mass is 9.99. The fourth-order valence-corrected chi connectivity index (χ4v) is 3.29. The van der Waals surface area contributed by atoms with Gasteiger partial charge < -0.3 is 9.47 Å². The van der Waals surface area contributed by atoms with Gasteiger partial charge in [-0.25, -0.2) is 0 Å². The van der Waals surface area contributed by atoms with E-state index in [4.69, 9.17) is 9.47 Å². The van der Waals surface area contributed by atoms with Crippen LogP contribution in [0.3, 0.4) is 0 Å². The normalized spacial score (nSPS) is 16.3. The van der Waals surface area contributed by atoms with Crippen LogP contribution in [0.4, 0.5) is 13.2 Å². The van der Waals surface area contributed by atoms with Crippen LogP contribution in [0.15, 0.2) is 24.3 Å². The van der Waals surface area contributed by atoms with E-state index >= 15 is 0 Å². The summed E-state index contributed by atoms with van der Waals surface area (Å²) < 4.78 is 75.4. The Hall–Kier alpha value is -2.70. The van der Waals surface area contributed by atoms with Gasteiger partial charge in [0, 0.05) is 11.8 Å². The molecule has 8 nitrogen and oxygen atoms in total. The minimum absolute atomic E-state index is 0.136. The van der Waals surface area contributed by atoms with E-state index in [1.54, 1.807) is 25.1 Å². The largest absolute Gasteiger partial charge is 0.525 e. The van der Waals surface area contributed by atoms with Crippen LogP contribution in [0.25, 0.3) is 11.6 Å². The average molecular weight is 447 g/mol. The molecule has 2 aliphatic rings. The molecule has 0 aromatic heterocycles. The molecule has 12 heteroatoms. The fraction of sp³-hybridized carbons (Fsp3) is 0.333. The molecule has 1 heterocycles. The second-order valence-corrected chi connectivity index (χ2v) is 7.64. The number of benzene rings is 1. The van der Waals surface area contributed by atoms with Crippen LogP contribution >= 0.6 is 0 Å². The average Bonchev–Trinajstić information content (AvgIpc) is 2.88. The van der Waals surface area contributed by atoms with Gasteiger partial charge in [0.2, 0.25) is 0 Å². The minimum Gasteiger partial charge on any atom is -0.491 e. The highest BCUT2D eigenvalue weighted by atomic mass is 32.2. The first-order valence-corrected chi connectivity index (χ1v) is 10.1. The molecule has 1 aliphatic heterocycles. The number of amides is 2. The predicted molar refractivity (Wildman–Crippen MR) is 96.5 cm³/mol. The van der Waals surface area contributed by atoms with E-state index in [1.165, 1.54) is 12.1 Å². The lowest BCUT2D eigenvalue weighted by Crippen LogP contribution is -2.51. The Bertz CT molecular complexity index is 1140. The number of ether oxygens (including phenoxy) is 2. The Morgan fingerprint density at radius 1 is 1.13 bits per heavy atom. The Balaban J connectivity index is 2.09. The van der Waals surface area contributed by atoms with Crippen molar-refractivity contribution in [3.63, 3.8) is 0 Å². The zero-order valence-electron chi connectivity index (χ0n) is 15.6. The Morgan fingerprint density at radius 3 is 2.53 bits per heavy atom. The molecule has 0 saturated heterocycles. The molecule has 0 bridgehead atoms. The van der Waals surface area contributed by atoms with Crippen LogP contribution in [0.2, 0.25) is 0 Å². The summed E-state index contributed by atoms with van der Waals surface area (Å²) >= 11 is 0. The molecule has 1 aliphatic carbocycles. The zero-order valence-corrected chi connectivity index (χ0v) is 16.4. The van der Waals surface area contributed by atoms with Crippen molar-refractivity contribution in [3.05, 3.63) is 40.3 Å². The lowest BCUT2D eigenvalue weighted by Gasteiger charge is -2.24. The molecule has 30 heavy (non-hydrogen) atoms. The van der Waals surface area contributed by atoms with Crippen molar-refractivity contribution in [2.24, 2.45) is 0 Å². The second-order valence-electron chi connectivity index (χ2n) is 6.12. The van der Waals surface area contributed by atoms with E-state index < -0.39 is 32.5 Å². The van der Waals surface area contributed by atoms with Crippen molar-refractivity contribution in [3.8, 4) is 5.75 Å². The summed E-state index contributed by atoms with van der Waals surface area (Å²) in [5, 5.41) is 0.211. The molecule has 0 unspecified atom stereocenters. The first-order valence-electron chi connectivity index (χ1n) is 8.72. The first kappa shape index (κ1) is 22.0. The highest BCUT2D eigenvalue weighted by molar-refractivity contribution is 7.87. The van der Waals surface area contributed by atoms with Crippen molar-refractivity contribution in [2.45, 2.75) is 18.9 Å². The van der Waals surface area contributed by atoms with E-state index in [0.29, 0.717) is 18.2 Å². The molecule has 0 N–H and O–H groups in total. The number of halogens is 3. The van der Waals surface area contributed by atoms with Crippen molar-refractivity contribution in [1.82, 2.24) is 5.06 Å². The summed E-state index contributed by atoms with van der Waals surface area (Å²) in [5.74, 6) is -2.48. The third-order valence-corrected chi connectivity index (χ3v) is 5.07. The van der Waals surface area contributed by atoms with Gasteiger partial charge in [0.1, 0.15) is 12.4 Å².